The maximum absolute atomic E-state index is 8.88. The molecule has 0 aliphatic heterocycles. The van der Waals surface area contributed by atoms with E-state index in [2.05, 4.69) is 6.07 Å². The number of nitriles is 1. The Morgan fingerprint density at radius 2 is 2.06 bits per heavy atom. The summed E-state index contributed by atoms with van der Waals surface area (Å²) in [6.07, 6.45) is 1.97. The van der Waals surface area contributed by atoms with Crippen LogP contribution in [-0.4, -0.2) is 5.75 Å². The molecule has 16 heavy (non-hydrogen) atoms. The Balaban J connectivity index is 2.33. The quantitative estimate of drug-likeness (QED) is 0.558. The number of nitrogens with zero attached hydrogens (tertiary/aromatic N) is 1. The van der Waals surface area contributed by atoms with Gasteiger partial charge in [-0.15, -0.1) is 11.8 Å². The Morgan fingerprint density at radius 1 is 1.38 bits per heavy atom. The molecule has 0 amide bonds. The number of benzene rings is 1. The molecule has 0 fully saturated rings. The van der Waals surface area contributed by atoms with E-state index in [4.69, 9.17) is 16.9 Å². The van der Waals surface area contributed by atoms with E-state index in [-0.39, 0.29) is 5.41 Å². The smallest absolute Gasteiger partial charge is 0.0683 e. The molecule has 0 spiro atoms. The first-order valence-corrected chi connectivity index (χ1v) is 6.70. The average Bonchev–Trinajstić information content (AvgIpc) is 2.27. The Kier molecular flexibility index (Phi) is 5.18. The van der Waals surface area contributed by atoms with Crippen LogP contribution >= 0.6 is 23.4 Å². The summed E-state index contributed by atoms with van der Waals surface area (Å²) in [6, 6.07) is 10.2. The lowest BCUT2D eigenvalue weighted by Gasteiger charge is -2.14. The van der Waals surface area contributed by atoms with Crippen LogP contribution in [0.1, 0.15) is 26.7 Å². The minimum atomic E-state index is -0.207. The van der Waals surface area contributed by atoms with Crippen LogP contribution < -0.4 is 0 Å². The van der Waals surface area contributed by atoms with Crippen molar-refractivity contribution in [2.45, 2.75) is 31.6 Å². The van der Waals surface area contributed by atoms with Crippen molar-refractivity contribution in [1.29, 1.82) is 5.26 Å². The summed E-state index contributed by atoms with van der Waals surface area (Å²) in [5.74, 6) is 1.01. The van der Waals surface area contributed by atoms with Gasteiger partial charge in [0.1, 0.15) is 0 Å². The fourth-order valence-corrected chi connectivity index (χ4v) is 2.50. The lowest BCUT2D eigenvalue weighted by atomic mass is 9.90. The second-order valence-corrected chi connectivity index (χ2v) is 5.92. The molecule has 0 aliphatic rings. The summed E-state index contributed by atoms with van der Waals surface area (Å²) in [4.78, 5) is 1.12. The highest BCUT2D eigenvalue weighted by atomic mass is 35.5. The van der Waals surface area contributed by atoms with E-state index >= 15 is 0 Å². The molecule has 0 N–H and O–H groups in total. The maximum Gasteiger partial charge on any atom is 0.0683 e. The lowest BCUT2D eigenvalue weighted by Crippen LogP contribution is -2.07. The number of rotatable bonds is 5. The summed E-state index contributed by atoms with van der Waals surface area (Å²) < 4.78 is 0. The van der Waals surface area contributed by atoms with Gasteiger partial charge in [0.2, 0.25) is 0 Å². The van der Waals surface area contributed by atoms with Gasteiger partial charge in [0.25, 0.3) is 0 Å². The predicted molar refractivity (Wildman–Crippen MR) is 70.8 cm³/mol. The molecule has 1 aromatic carbocycles. The minimum Gasteiger partial charge on any atom is -0.198 e. The van der Waals surface area contributed by atoms with Gasteiger partial charge >= 0.3 is 0 Å². The molecule has 0 bridgehead atoms. The molecule has 86 valence electrons. The number of thioether (sulfide) groups is 1. The summed E-state index contributed by atoms with van der Waals surface area (Å²) in [7, 11) is 0. The molecule has 0 saturated heterocycles. The van der Waals surface area contributed by atoms with Crippen LogP contribution in [0.3, 0.4) is 0 Å². The van der Waals surface area contributed by atoms with E-state index < -0.39 is 0 Å². The zero-order valence-electron chi connectivity index (χ0n) is 9.66. The Morgan fingerprint density at radius 3 is 2.69 bits per heavy atom. The van der Waals surface area contributed by atoms with Crippen LogP contribution in [0.5, 0.6) is 0 Å². The van der Waals surface area contributed by atoms with Gasteiger partial charge in [-0.3, -0.25) is 0 Å². The Bertz CT molecular complexity index is 382. The molecule has 0 saturated carbocycles. The van der Waals surface area contributed by atoms with E-state index in [1.807, 2.05) is 38.1 Å². The van der Waals surface area contributed by atoms with Crippen molar-refractivity contribution in [3.8, 4) is 6.07 Å². The van der Waals surface area contributed by atoms with Gasteiger partial charge in [-0.05, 0) is 44.6 Å². The molecule has 1 rings (SSSR count). The third-order valence-electron chi connectivity index (χ3n) is 2.34. The molecular weight excluding hydrogens is 238 g/mol. The van der Waals surface area contributed by atoms with Gasteiger partial charge in [0, 0.05) is 4.90 Å². The summed E-state index contributed by atoms with van der Waals surface area (Å²) >= 11 is 7.80. The maximum atomic E-state index is 8.88. The largest absolute Gasteiger partial charge is 0.198 e. The Hall–Kier alpha value is -0.650. The normalized spacial score (nSPS) is 11.1. The highest BCUT2D eigenvalue weighted by Gasteiger charge is 2.15. The van der Waals surface area contributed by atoms with Crippen molar-refractivity contribution < 1.29 is 0 Å². The van der Waals surface area contributed by atoms with Gasteiger partial charge < -0.3 is 0 Å². The first-order valence-electron chi connectivity index (χ1n) is 5.34. The topological polar surface area (TPSA) is 23.8 Å². The van der Waals surface area contributed by atoms with Crippen LogP contribution in [0.15, 0.2) is 29.2 Å². The van der Waals surface area contributed by atoms with Crippen molar-refractivity contribution in [3.05, 3.63) is 29.3 Å². The fourth-order valence-electron chi connectivity index (χ4n) is 1.31. The van der Waals surface area contributed by atoms with Gasteiger partial charge in [0.15, 0.2) is 0 Å². The molecule has 0 heterocycles. The summed E-state index contributed by atoms with van der Waals surface area (Å²) in [5.41, 5.74) is -0.207. The zero-order chi connectivity index (χ0) is 12.0. The number of hydrogen-bond donors (Lipinski definition) is 0. The van der Waals surface area contributed by atoms with E-state index in [1.165, 1.54) is 0 Å². The second kappa shape index (κ2) is 6.18. The fraction of sp³-hybridized carbons (Fsp3) is 0.462. The van der Waals surface area contributed by atoms with Crippen molar-refractivity contribution in [3.63, 3.8) is 0 Å². The molecule has 0 aliphatic carbocycles. The predicted octanol–water partition coefficient (Wildman–Crippen LogP) is 4.76. The van der Waals surface area contributed by atoms with Gasteiger partial charge in [0.05, 0.1) is 16.5 Å². The van der Waals surface area contributed by atoms with Gasteiger partial charge in [-0.1, -0.05) is 23.7 Å². The highest BCUT2D eigenvalue weighted by Crippen LogP contribution is 2.29. The van der Waals surface area contributed by atoms with E-state index in [0.717, 1.165) is 28.5 Å². The average molecular weight is 254 g/mol. The first kappa shape index (κ1) is 13.4. The molecule has 0 unspecified atom stereocenters. The minimum absolute atomic E-state index is 0.207. The third-order valence-corrected chi connectivity index (χ3v) is 3.94. The SMILES string of the molecule is CC(C)(C#N)CCCSc1ccccc1Cl. The van der Waals surface area contributed by atoms with Gasteiger partial charge in [-0.25, -0.2) is 0 Å². The third kappa shape index (κ3) is 4.47. The first-order chi connectivity index (χ1) is 7.55. The molecule has 0 aromatic heterocycles. The molecule has 0 radical (unpaired) electrons. The van der Waals surface area contributed by atoms with Crippen LogP contribution in [0.25, 0.3) is 0 Å². The van der Waals surface area contributed by atoms with E-state index in [9.17, 15) is 0 Å². The molecule has 1 nitrogen and oxygen atoms in total. The van der Waals surface area contributed by atoms with Crippen molar-refractivity contribution in [2.75, 3.05) is 5.75 Å². The van der Waals surface area contributed by atoms with Crippen molar-refractivity contribution >= 4 is 23.4 Å². The molecule has 0 atom stereocenters. The molecule has 3 heteroatoms. The van der Waals surface area contributed by atoms with Crippen molar-refractivity contribution in [2.24, 2.45) is 5.41 Å². The standard InChI is InChI=1S/C13H16ClNS/c1-13(2,10-15)8-5-9-16-12-7-4-3-6-11(12)14/h3-4,6-7H,5,8-9H2,1-2H3. The zero-order valence-corrected chi connectivity index (χ0v) is 11.2. The molecule has 1 aromatic rings. The number of hydrogen-bond acceptors (Lipinski definition) is 2. The Labute approximate surface area is 107 Å². The van der Waals surface area contributed by atoms with Crippen LogP contribution in [0.2, 0.25) is 5.02 Å². The van der Waals surface area contributed by atoms with E-state index in [1.54, 1.807) is 11.8 Å². The summed E-state index contributed by atoms with van der Waals surface area (Å²) in [6.45, 7) is 3.96. The lowest BCUT2D eigenvalue weighted by molar-refractivity contribution is 0.448. The highest BCUT2D eigenvalue weighted by molar-refractivity contribution is 7.99. The number of halogens is 1. The van der Waals surface area contributed by atoms with Crippen LogP contribution in [0, 0.1) is 16.7 Å². The van der Waals surface area contributed by atoms with Crippen LogP contribution in [-0.2, 0) is 0 Å². The van der Waals surface area contributed by atoms with Gasteiger partial charge in [-0.2, -0.15) is 5.26 Å². The second-order valence-electron chi connectivity index (χ2n) is 4.38. The molecular formula is C13H16ClNS. The van der Waals surface area contributed by atoms with Crippen molar-refractivity contribution in [1.82, 2.24) is 0 Å². The summed E-state index contributed by atoms with van der Waals surface area (Å²) in [5, 5.41) is 9.69. The monoisotopic (exact) mass is 253 g/mol. The van der Waals surface area contributed by atoms with Crippen LogP contribution in [0.4, 0.5) is 0 Å². The van der Waals surface area contributed by atoms with E-state index in [0.29, 0.717) is 0 Å².